The molecular weight excluding hydrogens is 514 g/mol. The van der Waals surface area contributed by atoms with Crippen LogP contribution in [0.5, 0.6) is 11.5 Å². The molecule has 0 amide bonds. The number of halogens is 1. The number of carboxylic acids is 2. The van der Waals surface area contributed by atoms with Crippen molar-refractivity contribution < 1.29 is 38.9 Å². The van der Waals surface area contributed by atoms with Gasteiger partial charge in [-0.1, -0.05) is 39.3 Å². The molecular formula is C28H32ClNO8. The van der Waals surface area contributed by atoms with E-state index in [0.29, 0.717) is 40.9 Å². The average molecular weight is 546 g/mol. The molecule has 2 N–H and O–H groups in total. The molecule has 0 aromatic heterocycles. The molecule has 2 aliphatic carbocycles. The van der Waals surface area contributed by atoms with Crippen molar-refractivity contribution in [3.05, 3.63) is 45.3 Å². The van der Waals surface area contributed by atoms with Crippen LogP contribution in [-0.4, -0.2) is 58.9 Å². The number of carbonyl (C=O) groups excluding carboxylic acids is 2. The molecule has 1 aromatic rings. The lowest BCUT2D eigenvalue weighted by Gasteiger charge is -2.48. The Morgan fingerprint density at radius 3 is 1.92 bits per heavy atom. The highest BCUT2D eigenvalue weighted by Crippen LogP contribution is 2.55. The summed E-state index contributed by atoms with van der Waals surface area (Å²) in [6, 6.07) is 3.17. The van der Waals surface area contributed by atoms with Gasteiger partial charge in [0.1, 0.15) is 6.54 Å². The van der Waals surface area contributed by atoms with Crippen LogP contribution in [0, 0.1) is 10.8 Å². The number of Topliss-reactive ketones (excluding diaryl/α,β-unsaturated/α-hetero) is 2. The zero-order valence-electron chi connectivity index (χ0n) is 22.1. The van der Waals surface area contributed by atoms with E-state index in [1.54, 1.807) is 17.0 Å². The maximum absolute atomic E-state index is 13.7. The number of carbonyl (C=O) groups is 4. The Labute approximate surface area is 226 Å². The number of aliphatic carboxylic acids is 2. The first kappa shape index (κ1) is 27.7. The minimum Gasteiger partial charge on any atom is -0.493 e. The smallest absolute Gasteiger partial charge is 0.341 e. The van der Waals surface area contributed by atoms with Gasteiger partial charge in [-0.15, -0.1) is 0 Å². The Balaban J connectivity index is 1.99. The number of allylic oxidation sites excluding steroid dienone is 4. The molecule has 0 fully saturated rings. The lowest BCUT2D eigenvalue weighted by molar-refractivity contribution is -0.139. The summed E-state index contributed by atoms with van der Waals surface area (Å²) < 4.78 is 10.8. The van der Waals surface area contributed by atoms with E-state index >= 15 is 0 Å². The fourth-order valence-corrected chi connectivity index (χ4v) is 6.16. The van der Waals surface area contributed by atoms with Crippen LogP contribution in [0.25, 0.3) is 0 Å². The van der Waals surface area contributed by atoms with Crippen LogP contribution < -0.4 is 9.47 Å². The molecule has 0 spiro atoms. The van der Waals surface area contributed by atoms with Crippen LogP contribution in [-0.2, 0) is 19.2 Å². The van der Waals surface area contributed by atoms with Crippen molar-refractivity contribution in [2.75, 3.05) is 20.3 Å². The molecule has 0 unspecified atom stereocenters. The van der Waals surface area contributed by atoms with Gasteiger partial charge < -0.3 is 24.6 Å². The first-order valence-electron chi connectivity index (χ1n) is 12.4. The second-order valence-electron chi connectivity index (χ2n) is 11.7. The van der Waals surface area contributed by atoms with E-state index in [4.69, 9.17) is 26.2 Å². The summed E-state index contributed by atoms with van der Waals surface area (Å²) in [5.74, 6) is -3.11. The predicted molar refractivity (Wildman–Crippen MR) is 138 cm³/mol. The van der Waals surface area contributed by atoms with E-state index in [2.05, 4.69) is 0 Å². The third kappa shape index (κ3) is 5.16. The average Bonchev–Trinajstić information content (AvgIpc) is 2.76. The van der Waals surface area contributed by atoms with Gasteiger partial charge in [0.2, 0.25) is 0 Å². The fourth-order valence-electron chi connectivity index (χ4n) is 5.89. The van der Waals surface area contributed by atoms with Crippen molar-refractivity contribution in [1.82, 2.24) is 4.90 Å². The molecule has 3 aliphatic rings. The Morgan fingerprint density at radius 2 is 1.47 bits per heavy atom. The standard InChI is InChI=1S/C28H32ClNO8/c1-27(2)8-16-24(18(31)10-27)23(14-6-15(29)26(20(7-14)37-5)38-13-22(35)36)25-17(30(16)12-21(33)34)9-28(3,4)11-19(25)32/h6-7,23H,8-13H2,1-5H3,(H,33,34)(H,35,36). The third-order valence-corrected chi connectivity index (χ3v) is 7.52. The summed E-state index contributed by atoms with van der Waals surface area (Å²) in [6.07, 6.45) is 1.42. The van der Waals surface area contributed by atoms with Gasteiger partial charge in [0.25, 0.3) is 0 Å². The van der Waals surface area contributed by atoms with Crippen molar-refractivity contribution in [3.63, 3.8) is 0 Å². The van der Waals surface area contributed by atoms with Crippen LogP contribution in [0.15, 0.2) is 34.7 Å². The summed E-state index contributed by atoms with van der Waals surface area (Å²) >= 11 is 6.54. The van der Waals surface area contributed by atoms with Gasteiger partial charge in [0.15, 0.2) is 29.7 Å². The van der Waals surface area contributed by atoms with Gasteiger partial charge >= 0.3 is 11.9 Å². The van der Waals surface area contributed by atoms with Gasteiger partial charge in [0.05, 0.1) is 12.1 Å². The summed E-state index contributed by atoms with van der Waals surface area (Å²) in [6.45, 7) is 6.89. The molecule has 0 bridgehead atoms. The van der Waals surface area contributed by atoms with Crippen molar-refractivity contribution in [3.8, 4) is 11.5 Å². The molecule has 0 saturated heterocycles. The quantitative estimate of drug-likeness (QED) is 0.505. The van der Waals surface area contributed by atoms with Crippen molar-refractivity contribution >= 4 is 35.1 Å². The third-order valence-electron chi connectivity index (χ3n) is 7.24. The predicted octanol–water partition coefficient (Wildman–Crippen LogP) is 4.58. The molecule has 1 heterocycles. The molecule has 0 atom stereocenters. The second-order valence-corrected chi connectivity index (χ2v) is 12.1. The summed E-state index contributed by atoms with van der Waals surface area (Å²) in [5.41, 5.74) is 1.75. The minimum absolute atomic E-state index is 0.0410. The number of methoxy groups -OCH3 is 1. The highest BCUT2D eigenvalue weighted by molar-refractivity contribution is 6.32. The van der Waals surface area contributed by atoms with Crippen LogP contribution in [0.3, 0.4) is 0 Å². The van der Waals surface area contributed by atoms with Gasteiger partial charge in [0, 0.05) is 41.3 Å². The van der Waals surface area contributed by atoms with Gasteiger partial charge in [-0.3, -0.25) is 14.4 Å². The molecule has 9 nitrogen and oxygen atoms in total. The highest BCUT2D eigenvalue weighted by Gasteiger charge is 2.49. The number of carboxylic acid groups (broad SMARTS) is 2. The van der Waals surface area contributed by atoms with E-state index in [0.717, 1.165) is 0 Å². The number of nitrogens with zero attached hydrogens (tertiary/aromatic N) is 1. The highest BCUT2D eigenvalue weighted by atomic mass is 35.5. The maximum atomic E-state index is 13.7. The Bertz CT molecular complexity index is 1250. The van der Waals surface area contributed by atoms with Crippen molar-refractivity contribution in [2.24, 2.45) is 10.8 Å². The minimum atomic E-state index is -1.19. The molecule has 0 radical (unpaired) electrons. The zero-order chi connectivity index (χ0) is 28.2. The largest absolute Gasteiger partial charge is 0.493 e. The van der Waals surface area contributed by atoms with E-state index in [9.17, 15) is 24.3 Å². The molecule has 10 heteroatoms. The number of rotatable bonds is 7. The van der Waals surface area contributed by atoms with Crippen molar-refractivity contribution in [1.29, 1.82) is 0 Å². The molecule has 204 valence electrons. The lowest BCUT2D eigenvalue weighted by atomic mass is 9.63. The Morgan fingerprint density at radius 1 is 0.947 bits per heavy atom. The molecule has 38 heavy (non-hydrogen) atoms. The molecule has 1 aromatic carbocycles. The van der Waals surface area contributed by atoms with Gasteiger partial charge in [-0.25, -0.2) is 4.79 Å². The van der Waals surface area contributed by atoms with Crippen LogP contribution in [0.1, 0.15) is 64.9 Å². The monoisotopic (exact) mass is 545 g/mol. The van der Waals surface area contributed by atoms with Gasteiger partial charge in [-0.05, 0) is 41.4 Å². The van der Waals surface area contributed by atoms with Crippen LogP contribution in [0.2, 0.25) is 5.02 Å². The number of ether oxygens (including phenoxy) is 2. The lowest BCUT2D eigenvalue weighted by Crippen LogP contribution is -2.45. The fraction of sp³-hybridized carbons (Fsp3) is 0.500. The number of ketones is 2. The van der Waals surface area contributed by atoms with E-state index in [1.807, 2.05) is 27.7 Å². The Hall–Kier alpha value is -3.33. The van der Waals surface area contributed by atoms with Crippen LogP contribution in [0.4, 0.5) is 0 Å². The van der Waals surface area contributed by atoms with E-state index < -0.39 is 35.3 Å². The van der Waals surface area contributed by atoms with E-state index in [-0.39, 0.29) is 47.5 Å². The topological polar surface area (TPSA) is 130 Å². The second kappa shape index (κ2) is 9.76. The number of benzene rings is 1. The van der Waals surface area contributed by atoms with Gasteiger partial charge in [-0.2, -0.15) is 0 Å². The first-order chi connectivity index (χ1) is 17.6. The zero-order valence-corrected chi connectivity index (χ0v) is 22.9. The van der Waals surface area contributed by atoms with Crippen molar-refractivity contribution in [2.45, 2.75) is 59.3 Å². The summed E-state index contributed by atoms with van der Waals surface area (Å²) in [4.78, 5) is 52.2. The molecule has 1 aliphatic heterocycles. The first-order valence-corrected chi connectivity index (χ1v) is 12.8. The normalized spacial score (nSPS) is 20.7. The molecule has 4 rings (SSSR count). The summed E-state index contributed by atoms with van der Waals surface area (Å²) in [5, 5.41) is 18.9. The number of hydrogen-bond donors (Lipinski definition) is 2. The van der Waals surface area contributed by atoms with E-state index in [1.165, 1.54) is 7.11 Å². The number of hydrogen-bond acceptors (Lipinski definition) is 7. The molecule has 0 saturated carbocycles. The SMILES string of the molecule is COc1cc(C2C3=C(CC(C)(C)CC3=O)N(CC(=O)O)C3=C2C(=O)CC(C)(C)C3)cc(Cl)c1OCC(=O)O. The summed E-state index contributed by atoms with van der Waals surface area (Å²) in [7, 11) is 1.39. The Kier molecular flexibility index (Phi) is 7.12. The maximum Gasteiger partial charge on any atom is 0.341 e. The van der Waals surface area contributed by atoms with Crippen LogP contribution >= 0.6 is 11.6 Å².